The number of nitrogens with one attached hydrogen (secondary N) is 1. The molecule has 0 aliphatic carbocycles. The van der Waals surface area contributed by atoms with E-state index in [1.807, 2.05) is 0 Å². The molecule has 234 valence electrons. The van der Waals surface area contributed by atoms with E-state index < -0.39 is 76.5 Å². The van der Waals surface area contributed by atoms with E-state index in [-0.39, 0.29) is 0 Å². The van der Waals surface area contributed by atoms with Crippen molar-refractivity contribution in [2.75, 3.05) is 6.61 Å². The summed E-state index contributed by atoms with van der Waals surface area (Å²) in [5.74, 6) is -4.40. The fourth-order valence-electron chi connectivity index (χ4n) is 4.24. The molecule has 3 rings (SSSR count). The summed E-state index contributed by atoms with van der Waals surface area (Å²) in [5.41, 5.74) is -0.529. The number of hydrazone groups is 1. The highest BCUT2D eigenvalue weighted by molar-refractivity contribution is 8.26. The lowest BCUT2D eigenvalue weighted by molar-refractivity contribution is -0.193. The van der Waals surface area contributed by atoms with Crippen molar-refractivity contribution in [3.8, 4) is 0 Å². The molecule has 1 fully saturated rings. The lowest BCUT2D eigenvalue weighted by Crippen LogP contribution is -2.60. The lowest BCUT2D eigenvalue weighted by Gasteiger charge is -2.36. The molecule has 1 amide bonds. The van der Waals surface area contributed by atoms with Crippen LogP contribution in [0.1, 0.15) is 47.1 Å². The molecule has 1 spiro atoms. The van der Waals surface area contributed by atoms with Crippen LogP contribution in [-0.2, 0) is 52.5 Å². The molecule has 2 aliphatic rings. The van der Waals surface area contributed by atoms with Crippen molar-refractivity contribution in [2.24, 2.45) is 5.10 Å². The first kappa shape index (κ1) is 34.2. The number of hydrogen-bond acceptors (Lipinski definition) is 15. The smallest absolute Gasteiger partial charge is 0.303 e. The quantitative estimate of drug-likeness (QED) is 0.285. The molecule has 0 saturated carbocycles. The van der Waals surface area contributed by atoms with Gasteiger partial charge in [0.1, 0.15) is 11.7 Å². The van der Waals surface area contributed by atoms with Gasteiger partial charge in [-0.25, -0.2) is 0 Å². The number of esters is 5. The normalized spacial score (nSPS) is 23.0. The topological polar surface area (TPSA) is 176 Å². The van der Waals surface area contributed by atoms with Gasteiger partial charge in [0.2, 0.25) is 10.2 Å². The third-order valence-corrected chi connectivity index (χ3v) is 8.81. The first-order valence-electron chi connectivity index (χ1n) is 12.7. The first-order chi connectivity index (χ1) is 20.1. The van der Waals surface area contributed by atoms with Crippen molar-refractivity contribution in [1.29, 1.82) is 0 Å². The largest absolute Gasteiger partial charge is 0.462 e. The van der Waals surface area contributed by atoms with Crippen LogP contribution in [0.4, 0.5) is 0 Å². The fraction of sp³-hybridized carbons (Fsp3) is 0.500. The molecule has 2 aliphatic heterocycles. The summed E-state index contributed by atoms with van der Waals surface area (Å²) in [4.78, 5) is 73.3. The summed E-state index contributed by atoms with van der Waals surface area (Å²) in [6, 6.07) is 5.54. The molecule has 43 heavy (non-hydrogen) atoms. The van der Waals surface area contributed by atoms with Gasteiger partial charge in [0.15, 0.2) is 23.7 Å². The van der Waals surface area contributed by atoms with E-state index in [0.717, 1.165) is 63.2 Å². The molecule has 14 nitrogen and oxygen atoms in total. The van der Waals surface area contributed by atoms with Gasteiger partial charge in [-0.05, 0) is 23.9 Å². The van der Waals surface area contributed by atoms with Gasteiger partial charge in [-0.15, -0.1) is 0 Å². The second-order valence-corrected chi connectivity index (χ2v) is 12.5. The predicted octanol–water partition coefficient (Wildman–Crippen LogP) is 2.16. The maximum atomic E-state index is 12.8. The number of thioether (sulfide) groups is 2. The molecule has 0 aromatic heterocycles. The van der Waals surface area contributed by atoms with Gasteiger partial charge < -0.3 is 23.7 Å². The Morgan fingerprint density at radius 2 is 1.51 bits per heavy atom. The fourth-order valence-corrected chi connectivity index (χ4v) is 7.51. The number of nitrogens with zero attached hydrogens (tertiary/aromatic N) is 2. The SMILES string of the molecule is CC(=O)OC[C@@H](OC(C)=O)[C@H](OC(C)=O)[C@@H](OC(C)=O)C1NC2(SC(c3ccc(Cl)cc3)=NN2C(C)=O)SC1OC(C)=O. The molecule has 1 aromatic carbocycles. The molecule has 6 atom stereocenters. The number of carbonyl (C=O) groups is 6. The van der Waals surface area contributed by atoms with E-state index in [9.17, 15) is 28.8 Å². The van der Waals surface area contributed by atoms with E-state index in [4.69, 9.17) is 35.3 Å². The molecule has 17 heteroatoms. The molecule has 1 N–H and O–H groups in total. The highest BCUT2D eigenvalue weighted by atomic mass is 35.5. The van der Waals surface area contributed by atoms with Crippen LogP contribution in [0.2, 0.25) is 5.02 Å². The number of benzene rings is 1. The van der Waals surface area contributed by atoms with Crippen molar-refractivity contribution in [2.45, 2.75) is 75.7 Å². The van der Waals surface area contributed by atoms with Gasteiger partial charge in [-0.2, -0.15) is 10.1 Å². The molecule has 0 radical (unpaired) electrons. The van der Waals surface area contributed by atoms with E-state index in [0.29, 0.717) is 15.6 Å². The van der Waals surface area contributed by atoms with Crippen LogP contribution >= 0.6 is 35.1 Å². The van der Waals surface area contributed by atoms with Crippen LogP contribution in [0, 0.1) is 0 Å². The molecule has 1 aromatic rings. The summed E-state index contributed by atoms with van der Waals surface area (Å²) < 4.78 is 25.7. The molecule has 2 heterocycles. The van der Waals surface area contributed by atoms with Gasteiger partial charge in [0.25, 0.3) is 0 Å². The van der Waals surface area contributed by atoms with E-state index >= 15 is 0 Å². The number of carbonyl (C=O) groups excluding carboxylic acids is 6. The Balaban J connectivity index is 2.10. The van der Waals surface area contributed by atoms with Gasteiger partial charge >= 0.3 is 29.8 Å². The number of amides is 1. The third-order valence-electron chi connectivity index (χ3n) is 5.71. The number of ether oxygens (including phenoxy) is 5. The van der Waals surface area contributed by atoms with Gasteiger partial charge in [-0.3, -0.25) is 34.1 Å². The summed E-state index contributed by atoms with van der Waals surface area (Å²) in [5, 5.41) is 9.74. The average Bonchev–Trinajstić information content (AvgIpc) is 3.43. The standard InChI is InChI=1S/C26H30ClN3O11S2/c1-12(31)30-26(42-24(29-30)18-7-9-19(27)10-8-18)28-21(25(43-26)41-17(6)36)23(40-16(5)35)22(39-15(4)34)20(38-14(3)33)11-37-13(2)32/h7-10,20-23,25,28H,11H2,1-6H3/t20-,21?,22+,23+,25?,26?/m1/s1. The Bertz CT molecular complexity index is 1310. The Morgan fingerprint density at radius 3 is 2.02 bits per heavy atom. The summed E-state index contributed by atoms with van der Waals surface area (Å²) >= 11 is 8.13. The minimum atomic E-state index is -1.57. The van der Waals surface area contributed by atoms with Gasteiger partial charge in [0.05, 0.1) is 6.04 Å². The van der Waals surface area contributed by atoms with Crippen molar-refractivity contribution in [3.05, 3.63) is 34.9 Å². The lowest BCUT2D eigenvalue weighted by atomic mass is 10.0. The Labute approximate surface area is 260 Å². The van der Waals surface area contributed by atoms with Crippen LogP contribution in [0.3, 0.4) is 0 Å². The van der Waals surface area contributed by atoms with Crippen molar-refractivity contribution in [1.82, 2.24) is 10.3 Å². The van der Waals surface area contributed by atoms with Crippen molar-refractivity contribution in [3.63, 3.8) is 0 Å². The maximum Gasteiger partial charge on any atom is 0.303 e. The Hall–Kier alpha value is -3.34. The zero-order valence-electron chi connectivity index (χ0n) is 24.0. The summed E-state index contributed by atoms with van der Waals surface area (Å²) in [6.45, 7) is 6.26. The Kier molecular flexibility index (Phi) is 11.5. The summed E-state index contributed by atoms with van der Waals surface area (Å²) in [6.07, 6.45) is -4.52. The van der Waals surface area contributed by atoms with Crippen LogP contribution in [0.15, 0.2) is 29.4 Å². The maximum absolute atomic E-state index is 12.8. The van der Waals surface area contributed by atoms with Crippen LogP contribution < -0.4 is 5.32 Å². The van der Waals surface area contributed by atoms with Crippen molar-refractivity contribution >= 4 is 75.9 Å². The zero-order valence-corrected chi connectivity index (χ0v) is 26.4. The van der Waals surface area contributed by atoms with Gasteiger partial charge in [0, 0.05) is 52.1 Å². The summed E-state index contributed by atoms with van der Waals surface area (Å²) in [7, 11) is 0. The monoisotopic (exact) mass is 659 g/mol. The predicted molar refractivity (Wildman–Crippen MR) is 154 cm³/mol. The second kappa shape index (κ2) is 14.4. The number of rotatable bonds is 10. The van der Waals surface area contributed by atoms with Crippen LogP contribution in [-0.4, -0.2) is 86.5 Å². The van der Waals surface area contributed by atoms with E-state index in [1.54, 1.807) is 24.3 Å². The van der Waals surface area contributed by atoms with E-state index in [2.05, 4.69) is 10.4 Å². The molecular weight excluding hydrogens is 630 g/mol. The molecular formula is C26H30ClN3O11S2. The minimum absolute atomic E-state index is 0.419. The van der Waals surface area contributed by atoms with Crippen LogP contribution in [0.5, 0.6) is 0 Å². The third kappa shape index (κ3) is 8.84. The first-order valence-corrected chi connectivity index (χ1v) is 14.8. The average molecular weight is 660 g/mol. The number of hydrogen-bond donors (Lipinski definition) is 1. The Morgan fingerprint density at radius 1 is 0.907 bits per heavy atom. The minimum Gasteiger partial charge on any atom is -0.462 e. The molecule has 3 unspecified atom stereocenters. The molecule has 1 saturated heterocycles. The molecule has 0 bridgehead atoms. The van der Waals surface area contributed by atoms with Gasteiger partial charge in [-0.1, -0.05) is 35.5 Å². The van der Waals surface area contributed by atoms with E-state index in [1.165, 1.54) is 6.92 Å². The highest BCUT2D eigenvalue weighted by Crippen LogP contribution is 2.53. The van der Waals surface area contributed by atoms with Crippen molar-refractivity contribution < 1.29 is 52.5 Å². The highest BCUT2D eigenvalue weighted by Gasteiger charge is 2.61. The van der Waals surface area contributed by atoms with Crippen LogP contribution in [0.25, 0.3) is 0 Å². The second-order valence-electron chi connectivity index (χ2n) is 9.29. The zero-order chi connectivity index (χ0) is 32.1. The number of halogens is 1.